The molecular weight excluding hydrogens is 248 g/mol. The zero-order valence-electron chi connectivity index (χ0n) is 11.4. The summed E-state index contributed by atoms with van der Waals surface area (Å²) in [4.78, 5) is 0. The minimum absolute atomic E-state index is 0.497. The van der Waals surface area contributed by atoms with Gasteiger partial charge in [-0.1, -0.05) is 32.3 Å². The summed E-state index contributed by atoms with van der Waals surface area (Å²) >= 11 is 5.82. The number of alkyl halides is 1. The lowest BCUT2D eigenvalue weighted by molar-refractivity contribution is 0.270. The molecule has 2 nitrogen and oxygen atoms in total. The number of halogens is 1. The lowest BCUT2D eigenvalue weighted by atomic mass is 10.2. The SMILES string of the molecule is CCCCCCOc1ccc(CCl)cc1OCC. The molecule has 0 heterocycles. The summed E-state index contributed by atoms with van der Waals surface area (Å²) in [7, 11) is 0. The summed E-state index contributed by atoms with van der Waals surface area (Å²) in [5, 5.41) is 0. The smallest absolute Gasteiger partial charge is 0.161 e. The van der Waals surface area contributed by atoms with Crippen LogP contribution in [0.25, 0.3) is 0 Å². The molecule has 1 rings (SSSR count). The summed E-state index contributed by atoms with van der Waals surface area (Å²) in [6.45, 7) is 5.57. The maximum Gasteiger partial charge on any atom is 0.161 e. The van der Waals surface area contributed by atoms with Crippen LogP contribution < -0.4 is 9.47 Å². The second-order valence-corrected chi connectivity index (χ2v) is 4.52. The minimum atomic E-state index is 0.497. The third-order valence-electron chi connectivity index (χ3n) is 2.72. The molecule has 1 aromatic rings. The fourth-order valence-electron chi connectivity index (χ4n) is 1.73. The molecule has 0 aliphatic carbocycles. The lowest BCUT2D eigenvalue weighted by Crippen LogP contribution is -2.01. The number of rotatable bonds is 9. The van der Waals surface area contributed by atoms with Crippen LogP contribution in [-0.4, -0.2) is 13.2 Å². The zero-order valence-corrected chi connectivity index (χ0v) is 12.1. The van der Waals surface area contributed by atoms with Gasteiger partial charge < -0.3 is 9.47 Å². The fourth-order valence-corrected chi connectivity index (χ4v) is 1.90. The summed E-state index contributed by atoms with van der Waals surface area (Å²) in [6, 6.07) is 5.89. The molecule has 0 radical (unpaired) electrons. The number of ether oxygens (including phenoxy) is 2. The maximum atomic E-state index is 5.82. The topological polar surface area (TPSA) is 18.5 Å². The molecule has 0 aliphatic rings. The minimum Gasteiger partial charge on any atom is -0.490 e. The average molecular weight is 271 g/mol. The van der Waals surface area contributed by atoms with Gasteiger partial charge >= 0.3 is 0 Å². The quantitative estimate of drug-likeness (QED) is 0.475. The molecule has 0 unspecified atom stereocenters. The molecule has 0 saturated heterocycles. The molecule has 0 aliphatic heterocycles. The Morgan fingerprint density at radius 2 is 1.83 bits per heavy atom. The van der Waals surface area contributed by atoms with Crippen LogP contribution in [0.3, 0.4) is 0 Å². The van der Waals surface area contributed by atoms with Gasteiger partial charge in [0.1, 0.15) is 0 Å². The van der Waals surface area contributed by atoms with E-state index in [0.717, 1.165) is 30.1 Å². The molecule has 0 saturated carbocycles. The van der Waals surface area contributed by atoms with E-state index in [1.165, 1.54) is 19.3 Å². The first kappa shape index (κ1) is 15.2. The second-order valence-electron chi connectivity index (χ2n) is 4.26. The molecular formula is C15H23ClO2. The zero-order chi connectivity index (χ0) is 13.2. The van der Waals surface area contributed by atoms with E-state index in [4.69, 9.17) is 21.1 Å². The molecule has 0 spiro atoms. The van der Waals surface area contributed by atoms with Gasteiger partial charge in [0, 0.05) is 5.88 Å². The number of hydrogen-bond donors (Lipinski definition) is 0. The number of benzene rings is 1. The standard InChI is InChI=1S/C15H23ClO2/c1-3-5-6-7-10-18-14-9-8-13(12-16)11-15(14)17-4-2/h8-9,11H,3-7,10,12H2,1-2H3. The van der Waals surface area contributed by atoms with Gasteiger partial charge in [0.2, 0.25) is 0 Å². The van der Waals surface area contributed by atoms with Crippen molar-refractivity contribution in [1.82, 2.24) is 0 Å². The van der Waals surface area contributed by atoms with Crippen molar-refractivity contribution < 1.29 is 9.47 Å². The molecule has 0 fully saturated rings. The van der Waals surface area contributed by atoms with Crippen molar-refractivity contribution in [1.29, 1.82) is 0 Å². The molecule has 102 valence electrons. The number of hydrogen-bond acceptors (Lipinski definition) is 2. The van der Waals surface area contributed by atoms with Gasteiger partial charge in [-0.05, 0) is 31.0 Å². The van der Waals surface area contributed by atoms with E-state index in [2.05, 4.69) is 6.92 Å². The second kappa shape index (κ2) is 9.09. The first-order valence-electron chi connectivity index (χ1n) is 6.76. The van der Waals surface area contributed by atoms with Gasteiger partial charge in [-0.3, -0.25) is 0 Å². The van der Waals surface area contributed by atoms with Crippen LogP contribution in [0, 0.1) is 0 Å². The molecule has 1 aromatic carbocycles. The third kappa shape index (κ3) is 5.18. The van der Waals surface area contributed by atoms with Crippen LogP contribution in [0.4, 0.5) is 0 Å². The Labute approximate surface area is 115 Å². The van der Waals surface area contributed by atoms with E-state index in [1.54, 1.807) is 0 Å². The van der Waals surface area contributed by atoms with E-state index in [9.17, 15) is 0 Å². The van der Waals surface area contributed by atoms with Crippen LogP contribution in [0.1, 0.15) is 45.1 Å². The van der Waals surface area contributed by atoms with E-state index in [-0.39, 0.29) is 0 Å². The molecule has 18 heavy (non-hydrogen) atoms. The fraction of sp³-hybridized carbons (Fsp3) is 0.600. The largest absolute Gasteiger partial charge is 0.490 e. The van der Waals surface area contributed by atoms with Crippen molar-refractivity contribution in [3.05, 3.63) is 23.8 Å². The summed E-state index contributed by atoms with van der Waals surface area (Å²) in [6.07, 6.45) is 4.83. The molecule has 0 amide bonds. The average Bonchev–Trinajstić information content (AvgIpc) is 2.40. The van der Waals surface area contributed by atoms with E-state index in [1.807, 2.05) is 25.1 Å². The Kier molecular flexibility index (Phi) is 7.66. The van der Waals surface area contributed by atoms with Gasteiger partial charge in [-0.25, -0.2) is 0 Å². The molecule has 3 heteroatoms. The Hall–Kier alpha value is -0.890. The molecule has 0 aromatic heterocycles. The maximum absolute atomic E-state index is 5.82. The predicted molar refractivity (Wildman–Crippen MR) is 76.8 cm³/mol. The van der Waals surface area contributed by atoms with Crippen molar-refractivity contribution >= 4 is 11.6 Å². The predicted octanol–water partition coefficient (Wildman–Crippen LogP) is 4.78. The van der Waals surface area contributed by atoms with E-state index in [0.29, 0.717) is 12.5 Å². The molecule has 0 atom stereocenters. The van der Waals surface area contributed by atoms with Crippen molar-refractivity contribution in [2.75, 3.05) is 13.2 Å². The van der Waals surface area contributed by atoms with Gasteiger partial charge in [0.15, 0.2) is 11.5 Å². The first-order chi connectivity index (χ1) is 8.81. The monoisotopic (exact) mass is 270 g/mol. The highest BCUT2D eigenvalue weighted by Gasteiger charge is 2.06. The van der Waals surface area contributed by atoms with Gasteiger partial charge in [-0.15, -0.1) is 11.6 Å². The van der Waals surface area contributed by atoms with Gasteiger partial charge in [-0.2, -0.15) is 0 Å². The van der Waals surface area contributed by atoms with Crippen molar-refractivity contribution in [2.24, 2.45) is 0 Å². The first-order valence-corrected chi connectivity index (χ1v) is 7.29. The highest BCUT2D eigenvalue weighted by molar-refractivity contribution is 6.17. The molecule has 0 N–H and O–H groups in total. The highest BCUT2D eigenvalue weighted by atomic mass is 35.5. The van der Waals surface area contributed by atoms with E-state index < -0.39 is 0 Å². The summed E-state index contributed by atoms with van der Waals surface area (Å²) in [5.41, 5.74) is 1.05. The summed E-state index contributed by atoms with van der Waals surface area (Å²) in [5.74, 6) is 2.12. The Morgan fingerprint density at radius 1 is 1.00 bits per heavy atom. The van der Waals surface area contributed by atoms with Crippen molar-refractivity contribution in [3.63, 3.8) is 0 Å². The Balaban J connectivity index is 2.52. The lowest BCUT2D eigenvalue weighted by Gasteiger charge is -2.12. The Morgan fingerprint density at radius 3 is 2.50 bits per heavy atom. The van der Waals surface area contributed by atoms with Gasteiger partial charge in [0.25, 0.3) is 0 Å². The van der Waals surface area contributed by atoms with Crippen LogP contribution >= 0.6 is 11.6 Å². The van der Waals surface area contributed by atoms with E-state index >= 15 is 0 Å². The third-order valence-corrected chi connectivity index (χ3v) is 3.03. The van der Waals surface area contributed by atoms with Crippen LogP contribution in [-0.2, 0) is 5.88 Å². The normalized spacial score (nSPS) is 10.4. The van der Waals surface area contributed by atoms with Gasteiger partial charge in [0.05, 0.1) is 13.2 Å². The van der Waals surface area contributed by atoms with Crippen LogP contribution in [0.5, 0.6) is 11.5 Å². The Bertz CT molecular complexity index is 339. The van der Waals surface area contributed by atoms with Crippen molar-refractivity contribution in [2.45, 2.75) is 45.4 Å². The van der Waals surface area contributed by atoms with Crippen LogP contribution in [0.15, 0.2) is 18.2 Å². The van der Waals surface area contributed by atoms with Crippen LogP contribution in [0.2, 0.25) is 0 Å². The van der Waals surface area contributed by atoms with Crippen molar-refractivity contribution in [3.8, 4) is 11.5 Å². The highest BCUT2D eigenvalue weighted by Crippen LogP contribution is 2.29. The summed E-state index contributed by atoms with van der Waals surface area (Å²) < 4.78 is 11.3. The molecule has 0 bridgehead atoms. The number of unbranched alkanes of at least 4 members (excludes halogenated alkanes) is 3.